The van der Waals surface area contributed by atoms with E-state index in [1.54, 1.807) is 7.11 Å². The van der Waals surface area contributed by atoms with E-state index in [0.29, 0.717) is 18.7 Å². The van der Waals surface area contributed by atoms with E-state index in [2.05, 4.69) is 37.1 Å². The molecular weight excluding hydrogens is 226 g/mol. The summed E-state index contributed by atoms with van der Waals surface area (Å²) in [6.07, 6.45) is 1.83. The molecule has 1 aromatic heterocycles. The van der Waals surface area contributed by atoms with E-state index in [-0.39, 0.29) is 5.41 Å². The number of hydrogen-bond donors (Lipinski definition) is 1. The second kappa shape index (κ2) is 6.48. The van der Waals surface area contributed by atoms with Crippen LogP contribution in [-0.2, 0) is 16.7 Å². The van der Waals surface area contributed by atoms with Crippen molar-refractivity contribution in [1.29, 1.82) is 5.26 Å². The lowest BCUT2D eigenvalue weighted by Crippen LogP contribution is -2.20. The van der Waals surface area contributed by atoms with Crippen molar-refractivity contribution < 1.29 is 4.74 Å². The zero-order valence-corrected chi connectivity index (χ0v) is 11.6. The molecule has 4 nitrogen and oxygen atoms in total. The van der Waals surface area contributed by atoms with Crippen molar-refractivity contribution in [3.05, 3.63) is 29.1 Å². The van der Waals surface area contributed by atoms with Crippen LogP contribution >= 0.6 is 0 Å². The summed E-state index contributed by atoms with van der Waals surface area (Å²) in [7, 11) is 1.68. The van der Waals surface area contributed by atoms with Crippen LogP contribution < -0.4 is 5.32 Å². The summed E-state index contributed by atoms with van der Waals surface area (Å²) in [4.78, 5) is 4.43. The molecule has 0 saturated carbocycles. The molecule has 18 heavy (non-hydrogen) atoms. The number of nitriles is 1. The Bertz CT molecular complexity index is 430. The average molecular weight is 247 g/mol. The summed E-state index contributed by atoms with van der Waals surface area (Å²) in [5, 5.41) is 12.4. The molecule has 0 aliphatic carbocycles. The molecule has 0 aliphatic heterocycles. The molecule has 0 atom stereocenters. The summed E-state index contributed by atoms with van der Waals surface area (Å²) in [5.41, 5.74) is 2.43. The van der Waals surface area contributed by atoms with Gasteiger partial charge in [-0.15, -0.1) is 0 Å². The van der Waals surface area contributed by atoms with Crippen LogP contribution in [0.4, 0.5) is 0 Å². The third-order valence-corrected chi connectivity index (χ3v) is 2.59. The van der Waals surface area contributed by atoms with Gasteiger partial charge >= 0.3 is 0 Å². The SMILES string of the molecule is COCCNCc1cnc(C(C)(C)C)c(C#N)c1. The fourth-order valence-corrected chi connectivity index (χ4v) is 1.69. The van der Waals surface area contributed by atoms with E-state index in [0.717, 1.165) is 17.8 Å². The number of nitrogens with zero attached hydrogens (tertiary/aromatic N) is 2. The number of rotatable bonds is 5. The van der Waals surface area contributed by atoms with Gasteiger partial charge in [-0.2, -0.15) is 5.26 Å². The van der Waals surface area contributed by atoms with E-state index in [9.17, 15) is 5.26 Å². The molecule has 0 unspecified atom stereocenters. The van der Waals surface area contributed by atoms with Crippen molar-refractivity contribution in [3.63, 3.8) is 0 Å². The van der Waals surface area contributed by atoms with Crippen molar-refractivity contribution in [2.75, 3.05) is 20.3 Å². The van der Waals surface area contributed by atoms with Gasteiger partial charge in [0.1, 0.15) is 6.07 Å². The molecule has 0 aromatic carbocycles. The van der Waals surface area contributed by atoms with Crippen LogP contribution in [0.5, 0.6) is 0 Å². The molecule has 0 fully saturated rings. The summed E-state index contributed by atoms with van der Waals surface area (Å²) in [6, 6.07) is 4.14. The van der Waals surface area contributed by atoms with Crippen molar-refractivity contribution >= 4 is 0 Å². The van der Waals surface area contributed by atoms with Gasteiger partial charge in [-0.3, -0.25) is 4.98 Å². The first-order valence-electron chi connectivity index (χ1n) is 6.08. The molecule has 0 saturated heterocycles. The van der Waals surface area contributed by atoms with Crippen LogP contribution in [0.2, 0.25) is 0 Å². The quantitative estimate of drug-likeness (QED) is 0.808. The third-order valence-electron chi connectivity index (χ3n) is 2.59. The van der Waals surface area contributed by atoms with Gasteiger partial charge in [-0.1, -0.05) is 20.8 Å². The monoisotopic (exact) mass is 247 g/mol. The highest BCUT2D eigenvalue weighted by Crippen LogP contribution is 2.23. The third kappa shape index (κ3) is 4.10. The van der Waals surface area contributed by atoms with Gasteiger partial charge < -0.3 is 10.1 Å². The molecule has 0 spiro atoms. The predicted molar refractivity (Wildman–Crippen MR) is 71.2 cm³/mol. The van der Waals surface area contributed by atoms with Gasteiger partial charge in [0, 0.05) is 31.8 Å². The predicted octanol–water partition coefficient (Wildman–Crippen LogP) is 1.99. The normalized spacial score (nSPS) is 11.3. The Hall–Kier alpha value is -1.44. The highest BCUT2D eigenvalue weighted by Gasteiger charge is 2.19. The van der Waals surface area contributed by atoms with Crippen LogP contribution in [0.3, 0.4) is 0 Å². The molecule has 98 valence electrons. The van der Waals surface area contributed by atoms with Crippen molar-refractivity contribution in [2.24, 2.45) is 0 Å². The van der Waals surface area contributed by atoms with E-state index < -0.39 is 0 Å². The minimum atomic E-state index is -0.104. The van der Waals surface area contributed by atoms with Gasteiger partial charge in [-0.05, 0) is 11.6 Å². The highest BCUT2D eigenvalue weighted by molar-refractivity contribution is 5.39. The fourth-order valence-electron chi connectivity index (χ4n) is 1.69. The van der Waals surface area contributed by atoms with Crippen LogP contribution in [-0.4, -0.2) is 25.2 Å². The largest absolute Gasteiger partial charge is 0.383 e. The molecule has 1 rings (SSSR count). The lowest BCUT2D eigenvalue weighted by atomic mass is 9.88. The van der Waals surface area contributed by atoms with Gasteiger partial charge in [0.25, 0.3) is 0 Å². The lowest BCUT2D eigenvalue weighted by molar-refractivity contribution is 0.199. The first kappa shape index (κ1) is 14.6. The zero-order valence-electron chi connectivity index (χ0n) is 11.6. The second-order valence-electron chi connectivity index (χ2n) is 5.27. The number of aromatic nitrogens is 1. The Labute approximate surface area is 109 Å². The number of ether oxygens (including phenoxy) is 1. The van der Waals surface area contributed by atoms with E-state index in [4.69, 9.17) is 4.74 Å². The van der Waals surface area contributed by atoms with Crippen molar-refractivity contribution in [2.45, 2.75) is 32.7 Å². The van der Waals surface area contributed by atoms with Crippen LogP contribution in [0, 0.1) is 11.3 Å². The number of pyridine rings is 1. The van der Waals surface area contributed by atoms with Crippen molar-refractivity contribution in [1.82, 2.24) is 10.3 Å². The molecule has 4 heteroatoms. The average Bonchev–Trinajstić information content (AvgIpc) is 2.33. The number of nitrogens with one attached hydrogen (secondary N) is 1. The van der Waals surface area contributed by atoms with Crippen molar-refractivity contribution in [3.8, 4) is 6.07 Å². The molecule has 0 bridgehead atoms. The number of methoxy groups -OCH3 is 1. The molecule has 1 N–H and O–H groups in total. The Morgan fingerprint density at radius 1 is 1.44 bits per heavy atom. The second-order valence-corrected chi connectivity index (χ2v) is 5.27. The topological polar surface area (TPSA) is 57.9 Å². The first-order valence-corrected chi connectivity index (χ1v) is 6.08. The Balaban J connectivity index is 2.77. The smallest absolute Gasteiger partial charge is 0.101 e. The Morgan fingerprint density at radius 2 is 2.17 bits per heavy atom. The zero-order chi connectivity index (χ0) is 13.6. The van der Waals surface area contributed by atoms with E-state index in [1.807, 2.05) is 12.3 Å². The van der Waals surface area contributed by atoms with E-state index >= 15 is 0 Å². The Morgan fingerprint density at radius 3 is 2.72 bits per heavy atom. The lowest BCUT2D eigenvalue weighted by Gasteiger charge is -2.19. The maximum atomic E-state index is 9.19. The molecule has 0 amide bonds. The summed E-state index contributed by atoms with van der Waals surface area (Å²) in [5.74, 6) is 0. The summed E-state index contributed by atoms with van der Waals surface area (Å²) < 4.78 is 4.96. The minimum absolute atomic E-state index is 0.104. The minimum Gasteiger partial charge on any atom is -0.383 e. The standard InChI is InChI=1S/C14H21N3O/c1-14(2,3)13-12(8-15)7-11(10-17-13)9-16-5-6-18-4/h7,10,16H,5-6,9H2,1-4H3. The van der Waals surface area contributed by atoms with E-state index in [1.165, 1.54) is 0 Å². The van der Waals surface area contributed by atoms with Gasteiger partial charge in [0.2, 0.25) is 0 Å². The van der Waals surface area contributed by atoms with Gasteiger partial charge in [0.15, 0.2) is 0 Å². The maximum Gasteiger partial charge on any atom is 0.101 e. The molecule has 0 radical (unpaired) electrons. The van der Waals surface area contributed by atoms with Gasteiger partial charge in [0.05, 0.1) is 17.9 Å². The van der Waals surface area contributed by atoms with Crippen LogP contribution in [0.1, 0.15) is 37.6 Å². The maximum absolute atomic E-state index is 9.19. The fraction of sp³-hybridized carbons (Fsp3) is 0.571. The van der Waals surface area contributed by atoms with Crippen LogP contribution in [0.25, 0.3) is 0 Å². The first-order chi connectivity index (χ1) is 8.49. The number of hydrogen-bond acceptors (Lipinski definition) is 4. The highest BCUT2D eigenvalue weighted by atomic mass is 16.5. The summed E-state index contributed by atoms with van der Waals surface area (Å²) in [6.45, 7) is 8.36. The van der Waals surface area contributed by atoms with Crippen LogP contribution in [0.15, 0.2) is 12.3 Å². The Kier molecular flexibility index (Phi) is 5.26. The molecule has 1 aromatic rings. The van der Waals surface area contributed by atoms with Gasteiger partial charge in [-0.25, -0.2) is 0 Å². The molecule has 0 aliphatic rings. The molecule has 1 heterocycles. The summed E-state index contributed by atoms with van der Waals surface area (Å²) >= 11 is 0. The molecular formula is C14H21N3O.